The summed E-state index contributed by atoms with van der Waals surface area (Å²) in [5, 5.41) is 22.9. The van der Waals surface area contributed by atoms with Crippen LogP contribution in [0.4, 0.5) is 0 Å². The Hall–Kier alpha value is -0.380. The molecule has 0 aromatic heterocycles. The molecule has 0 aromatic rings. The summed E-state index contributed by atoms with van der Waals surface area (Å²) in [5.74, 6) is 1.69. The predicted molar refractivity (Wildman–Crippen MR) is 117 cm³/mol. The van der Waals surface area contributed by atoms with Crippen molar-refractivity contribution in [3.63, 3.8) is 0 Å². The van der Waals surface area contributed by atoms with Crippen molar-refractivity contribution in [2.24, 2.45) is 34.5 Å². The number of piperidine rings is 1. The smallest absolute Gasteiger partial charge is 0.0836 e. The van der Waals surface area contributed by atoms with Gasteiger partial charge in [-0.15, -0.1) is 0 Å². The zero-order valence-electron chi connectivity index (χ0n) is 18.9. The lowest BCUT2D eigenvalue weighted by molar-refractivity contribution is -0.215. The van der Waals surface area contributed by atoms with Gasteiger partial charge in [-0.3, -0.25) is 0 Å². The van der Waals surface area contributed by atoms with E-state index in [0.29, 0.717) is 17.9 Å². The first-order valence-electron chi connectivity index (χ1n) is 12.7. The van der Waals surface area contributed by atoms with Crippen molar-refractivity contribution in [1.82, 2.24) is 4.90 Å². The van der Waals surface area contributed by atoms with Crippen molar-refractivity contribution >= 4 is 0 Å². The second-order valence-corrected chi connectivity index (χ2v) is 11.7. The van der Waals surface area contributed by atoms with Crippen LogP contribution in [0.5, 0.6) is 0 Å². The van der Waals surface area contributed by atoms with E-state index in [1.807, 2.05) is 0 Å². The van der Waals surface area contributed by atoms with Gasteiger partial charge in [0.1, 0.15) is 0 Å². The van der Waals surface area contributed by atoms with Gasteiger partial charge in [0.15, 0.2) is 0 Å². The van der Waals surface area contributed by atoms with E-state index in [1.165, 1.54) is 70.9 Å². The summed E-state index contributed by atoms with van der Waals surface area (Å²) in [6.07, 6.45) is 13.9. The van der Waals surface area contributed by atoms with Crippen LogP contribution < -0.4 is 0 Å². The summed E-state index contributed by atoms with van der Waals surface area (Å²) in [6, 6.07) is 0.627. The number of hydrogen-bond acceptors (Lipinski definition) is 3. The molecular formula is C26H43NO2. The monoisotopic (exact) mass is 401 g/mol. The maximum atomic E-state index is 11.5. The van der Waals surface area contributed by atoms with Gasteiger partial charge in [0.2, 0.25) is 0 Å². The number of nitrogens with zero attached hydrogens (tertiary/aromatic N) is 1. The van der Waals surface area contributed by atoms with Crippen LogP contribution in [0.3, 0.4) is 0 Å². The Morgan fingerprint density at radius 1 is 0.897 bits per heavy atom. The predicted octanol–water partition coefficient (Wildman–Crippen LogP) is 4.77. The van der Waals surface area contributed by atoms with Crippen LogP contribution in [0, 0.1) is 34.5 Å². The normalized spacial score (nSPS) is 54.7. The number of hydrogen-bond donors (Lipinski definition) is 2. The van der Waals surface area contributed by atoms with Gasteiger partial charge in [0.25, 0.3) is 0 Å². The molecule has 1 saturated heterocycles. The fourth-order valence-electron chi connectivity index (χ4n) is 9.18. The highest BCUT2D eigenvalue weighted by molar-refractivity contribution is 5.25. The molecular weight excluding hydrogens is 358 g/mol. The van der Waals surface area contributed by atoms with E-state index >= 15 is 0 Å². The number of aliphatic hydroxyl groups excluding tert-OH is 2. The molecule has 164 valence electrons. The van der Waals surface area contributed by atoms with E-state index in [1.54, 1.807) is 5.57 Å². The van der Waals surface area contributed by atoms with Crippen LogP contribution in [-0.4, -0.2) is 46.5 Å². The third-order valence-electron chi connectivity index (χ3n) is 10.8. The van der Waals surface area contributed by atoms with Gasteiger partial charge in [0, 0.05) is 6.04 Å². The highest BCUT2D eigenvalue weighted by Crippen LogP contribution is 2.67. The molecule has 0 amide bonds. The van der Waals surface area contributed by atoms with E-state index in [-0.39, 0.29) is 22.7 Å². The maximum Gasteiger partial charge on any atom is 0.0836 e. The SMILES string of the molecule is C/C=C1/CCC2C3C(CC[C@]12C)[C@@]1(C)CCC(N2CCCCC2)CC1[C@@H](O)[C@@H]3O. The van der Waals surface area contributed by atoms with Gasteiger partial charge in [0.05, 0.1) is 12.2 Å². The Kier molecular flexibility index (Phi) is 5.20. The summed E-state index contributed by atoms with van der Waals surface area (Å²) in [4.78, 5) is 2.71. The van der Waals surface area contributed by atoms with Crippen LogP contribution in [0.15, 0.2) is 11.6 Å². The molecule has 4 saturated carbocycles. The standard InChI is InChI=1S/C26H43NO2/c1-4-17-8-9-19-22-20(11-13-25(17,19)2)26(3)12-10-18(27-14-6-5-7-15-27)16-21(26)23(28)24(22)29/h4,18-24,28-29H,5-16H2,1-3H3/b17-4-/t18?,19?,20?,21?,22?,23-,24-,25-,26-/m1/s1. The molecule has 3 heteroatoms. The molecule has 1 heterocycles. The minimum absolute atomic E-state index is 0.204. The summed E-state index contributed by atoms with van der Waals surface area (Å²) in [6.45, 7) is 9.62. The molecule has 1 aliphatic heterocycles. The Morgan fingerprint density at radius 3 is 2.38 bits per heavy atom. The Bertz CT molecular complexity index is 655. The van der Waals surface area contributed by atoms with Crippen molar-refractivity contribution in [1.29, 1.82) is 0 Å². The van der Waals surface area contributed by atoms with Crippen LogP contribution in [-0.2, 0) is 0 Å². The quantitative estimate of drug-likeness (QED) is 0.622. The maximum absolute atomic E-state index is 11.5. The van der Waals surface area contributed by atoms with Crippen LogP contribution in [0.2, 0.25) is 0 Å². The third kappa shape index (κ3) is 2.93. The average Bonchev–Trinajstić information content (AvgIpc) is 3.08. The summed E-state index contributed by atoms with van der Waals surface area (Å²) in [5.41, 5.74) is 2.07. The summed E-state index contributed by atoms with van der Waals surface area (Å²) in [7, 11) is 0. The first-order valence-corrected chi connectivity index (χ1v) is 12.7. The third-order valence-corrected chi connectivity index (χ3v) is 10.8. The molecule has 5 rings (SSSR count). The Balaban J connectivity index is 1.42. The van der Waals surface area contributed by atoms with Gasteiger partial charge in [-0.05, 0) is 112 Å². The number of aliphatic hydroxyl groups is 2. The first-order chi connectivity index (χ1) is 13.9. The summed E-state index contributed by atoms with van der Waals surface area (Å²) < 4.78 is 0. The lowest BCUT2D eigenvalue weighted by Crippen LogP contribution is -2.64. The number of rotatable bonds is 1. The number of likely N-dealkylation sites (tertiary alicyclic amines) is 1. The van der Waals surface area contributed by atoms with Crippen LogP contribution in [0.25, 0.3) is 0 Å². The Labute approximate surface area is 177 Å². The minimum Gasteiger partial charge on any atom is -0.390 e. The zero-order valence-corrected chi connectivity index (χ0v) is 18.9. The van der Waals surface area contributed by atoms with Gasteiger partial charge in [-0.1, -0.05) is 31.9 Å². The zero-order chi connectivity index (χ0) is 20.4. The summed E-state index contributed by atoms with van der Waals surface area (Å²) >= 11 is 0. The van der Waals surface area contributed by atoms with Crippen LogP contribution in [0.1, 0.15) is 85.0 Å². The number of fused-ring (bicyclic) bond motifs is 5. The molecule has 0 radical (unpaired) electrons. The lowest BCUT2D eigenvalue weighted by Gasteiger charge is -2.64. The second-order valence-electron chi connectivity index (χ2n) is 11.7. The molecule has 29 heavy (non-hydrogen) atoms. The molecule has 2 N–H and O–H groups in total. The van der Waals surface area contributed by atoms with Crippen molar-refractivity contribution < 1.29 is 10.2 Å². The van der Waals surface area contributed by atoms with Crippen molar-refractivity contribution in [2.45, 2.75) is 103 Å². The molecule has 0 aromatic carbocycles. The highest BCUT2D eigenvalue weighted by atomic mass is 16.3. The molecule has 5 unspecified atom stereocenters. The average molecular weight is 402 g/mol. The highest BCUT2D eigenvalue weighted by Gasteiger charge is 2.64. The lowest BCUT2D eigenvalue weighted by atomic mass is 9.43. The van der Waals surface area contributed by atoms with Gasteiger partial charge in [-0.2, -0.15) is 0 Å². The van der Waals surface area contributed by atoms with E-state index in [4.69, 9.17) is 0 Å². The van der Waals surface area contributed by atoms with Crippen molar-refractivity contribution in [3.05, 3.63) is 11.6 Å². The molecule has 5 aliphatic rings. The largest absolute Gasteiger partial charge is 0.390 e. The fraction of sp³-hybridized carbons (Fsp3) is 0.923. The first kappa shape index (κ1) is 20.5. The van der Waals surface area contributed by atoms with Crippen molar-refractivity contribution in [2.75, 3.05) is 13.1 Å². The fourth-order valence-corrected chi connectivity index (χ4v) is 9.18. The molecule has 4 aliphatic carbocycles. The van der Waals surface area contributed by atoms with E-state index < -0.39 is 12.2 Å². The molecule has 3 nitrogen and oxygen atoms in total. The van der Waals surface area contributed by atoms with Gasteiger partial charge in [-0.25, -0.2) is 0 Å². The minimum atomic E-state index is -0.536. The molecule has 0 bridgehead atoms. The van der Waals surface area contributed by atoms with E-state index in [9.17, 15) is 10.2 Å². The molecule has 5 fully saturated rings. The van der Waals surface area contributed by atoms with E-state index in [0.717, 1.165) is 6.42 Å². The van der Waals surface area contributed by atoms with Crippen molar-refractivity contribution in [3.8, 4) is 0 Å². The number of allylic oxidation sites excluding steroid dienone is 2. The van der Waals surface area contributed by atoms with Gasteiger partial charge < -0.3 is 15.1 Å². The van der Waals surface area contributed by atoms with E-state index in [2.05, 4.69) is 31.7 Å². The molecule has 0 spiro atoms. The topological polar surface area (TPSA) is 43.7 Å². The molecule has 9 atom stereocenters. The van der Waals surface area contributed by atoms with Gasteiger partial charge >= 0.3 is 0 Å². The second kappa shape index (κ2) is 7.35. The Morgan fingerprint density at radius 2 is 1.66 bits per heavy atom. The van der Waals surface area contributed by atoms with Crippen LogP contribution >= 0.6 is 0 Å².